The van der Waals surface area contributed by atoms with E-state index >= 15 is 0 Å². The van der Waals surface area contributed by atoms with Crippen molar-refractivity contribution in [1.29, 1.82) is 0 Å². The van der Waals surface area contributed by atoms with Crippen LogP contribution in [-0.2, 0) is 4.74 Å². The summed E-state index contributed by atoms with van der Waals surface area (Å²) in [5, 5.41) is 0. The van der Waals surface area contributed by atoms with Gasteiger partial charge in [-0.3, -0.25) is 5.43 Å². The molecule has 0 radical (unpaired) electrons. The zero-order chi connectivity index (χ0) is 18.9. The number of rotatable bonds is 4. The van der Waals surface area contributed by atoms with Crippen LogP contribution in [0.3, 0.4) is 0 Å². The fraction of sp³-hybridized carbons (Fsp3) is 0.368. The Labute approximate surface area is 160 Å². The fourth-order valence-electron chi connectivity index (χ4n) is 2.16. The minimum Gasteiger partial charge on any atom is -0.449 e. The number of benzene rings is 1. The van der Waals surface area contributed by atoms with E-state index in [1.54, 1.807) is 12.3 Å². The summed E-state index contributed by atoms with van der Waals surface area (Å²) in [7, 11) is 0. The van der Waals surface area contributed by atoms with Crippen LogP contribution in [-0.4, -0.2) is 22.4 Å². The average Bonchev–Trinajstić information content (AvgIpc) is 2.63. The van der Waals surface area contributed by atoms with Gasteiger partial charge < -0.3 is 4.74 Å². The summed E-state index contributed by atoms with van der Waals surface area (Å²) in [6.07, 6.45) is 6.55. The topological polar surface area (TPSA) is 64.3 Å². The number of nitrogens with one attached hydrogen (secondary N) is 1. The molecule has 1 aliphatic carbocycles. The summed E-state index contributed by atoms with van der Waals surface area (Å²) in [5.41, 5.74) is 4.00. The van der Waals surface area contributed by atoms with Gasteiger partial charge in [0, 0.05) is 0 Å². The number of alkyl halides is 1. The van der Waals surface area contributed by atoms with Crippen LogP contribution in [0.2, 0.25) is 0 Å². The number of ether oxygens (including phenoxy) is 1. The van der Waals surface area contributed by atoms with Crippen LogP contribution < -0.4 is 11.3 Å². The minimum absolute atomic E-state index is 0.254. The maximum atomic E-state index is 9.95. The Hall–Kier alpha value is -1.69. The second-order valence-electron chi connectivity index (χ2n) is 5.84. The molecule has 0 aliphatic heterocycles. The van der Waals surface area contributed by atoms with Crippen LogP contribution in [0.25, 0.3) is 0 Å². The lowest BCUT2D eigenvalue weighted by molar-refractivity contribution is 0.152. The van der Waals surface area contributed by atoms with Crippen LogP contribution in [0.4, 0.5) is 4.79 Å². The number of nitrogens with two attached hydrogens (primary N) is 1. The smallest absolute Gasteiger partial charge is 0.421 e. The molecule has 2 rings (SSSR count). The third kappa shape index (κ3) is 6.61. The van der Waals surface area contributed by atoms with Crippen molar-refractivity contribution < 1.29 is 9.53 Å². The highest BCUT2D eigenvalue weighted by Crippen LogP contribution is 2.35. The summed E-state index contributed by atoms with van der Waals surface area (Å²) in [6, 6.07) is 10.1. The van der Waals surface area contributed by atoms with Gasteiger partial charge in [-0.15, -0.1) is 11.6 Å². The third-order valence-electron chi connectivity index (χ3n) is 3.83. The molecule has 1 unspecified atom stereocenters. The monoisotopic (exact) mass is 380 g/mol. The molecule has 0 saturated heterocycles. The summed E-state index contributed by atoms with van der Waals surface area (Å²) in [6.45, 7) is 6.34. The molecule has 4 nitrogen and oxygen atoms in total. The number of carbonyl (C=O) groups is 1. The minimum atomic E-state index is -0.595. The highest BCUT2D eigenvalue weighted by Gasteiger charge is 2.29. The second kappa shape index (κ2) is 10.3. The SMILES string of the molecule is CC(C)C1(Cl)C=CC(C(=S)c2ccccc2)=CC1.CCOC(=O)NN. The summed E-state index contributed by atoms with van der Waals surface area (Å²) < 4.78 is 4.32. The second-order valence-corrected chi connectivity index (χ2v) is 6.95. The molecule has 3 N–H and O–H groups in total. The van der Waals surface area contributed by atoms with Crippen molar-refractivity contribution in [3.63, 3.8) is 0 Å². The number of hydrogen-bond acceptors (Lipinski definition) is 4. The number of hydrogen-bond donors (Lipinski definition) is 2. The first-order chi connectivity index (χ1) is 11.8. The van der Waals surface area contributed by atoms with E-state index in [1.165, 1.54) is 0 Å². The molecule has 0 heterocycles. The van der Waals surface area contributed by atoms with Gasteiger partial charge >= 0.3 is 6.09 Å². The zero-order valence-corrected chi connectivity index (χ0v) is 16.4. The number of thiocarbonyl (C=S) groups is 1. The van der Waals surface area contributed by atoms with E-state index < -0.39 is 6.09 Å². The van der Waals surface area contributed by atoms with E-state index in [4.69, 9.17) is 23.8 Å². The maximum Gasteiger partial charge on any atom is 0.421 e. The molecule has 0 fully saturated rings. The van der Waals surface area contributed by atoms with Gasteiger partial charge in [0.2, 0.25) is 0 Å². The molecular formula is C19H25ClN2O2S. The van der Waals surface area contributed by atoms with Crippen molar-refractivity contribution in [2.24, 2.45) is 11.8 Å². The molecule has 0 aromatic heterocycles. The number of carbonyl (C=O) groups excluding carboxylic acids is 1. The number of amides is 1. The van der Waals surface area contributed by atoms with E-state index in [0.29, 0.717) is 12.5 Å². The van der Waals surface area contributed by atoms with Crippen molar-refractivity contribution in [3.05, 3.63) is 59.7 Å². The van der Waals surface area contributed by atoms with Gasteiger partial charge in [0.1, 0.15) is 0 Å². The van der Waals surface area contributed by atoms with Crippen LogP contribution in [0.1, 0.15) is 32.8 Å². The van der Waals surface area contributed by atoms with Crippen molar-refractivity contribution >= 4 is 34.8 Å². The fourth-order valence-corrected chi connectivity index (χ4v) is 2.58. The molecule has 1 atom stereocenters. The lowest BCUT2D eigenvalue weighted by atomic mass is 9.85. The van der Waals surface area contributed by atoms with Gasteiger partial charge in [-0.1, -0.05) is 74.6 Å². The van der Waals surface area contributed by atoms with Crippen LogP contribution >= 0.6 is 23.8 Å². The van der Waals surface area contributed by atoms with Crippen molar-refractivity contribution in [2.45, 2.75) is 32.1 Å². The Balaban J connectivity index is 0.000000381. The zero-order valence-electron chi connectivity index (χ0n) is 14.8. The first-order valence-electron chi connectivity index (χ1n) is 8.15. The Morgan fingerprint density at radius 3 is 2.44 bits per heavy atom. The normalized spacial score (nSPS) is 18.7. The molecule has 1 amide bonds. The first kappa shape index (κ1) is 21.4. The van der Waals surface area contributed by atoms with E-state index in [9.17, 15) is 4.79 Å². The van der Waals surface area contributed by atoms with Crippen LogP contribution in [0, 0.1) is 5.92 Å². The number of allylic oxidation sites excluding steroid dienone is 4. The molecule has 1 aromatic carbocycles. The molecule has 0 spiro atoms. The summed E-state index contributed by atoms with van der Waals surface area (Å²) in [4.78, 5) is 10.6. The molecule has 1 aliphatic rings. The van der Waals surface area contributed by atoms with Crippen molar-refractivity contribution in [2.75, 3.05) is 6.61 Å². The van der Waals surface area contributed by atoms with Crippen molar-refractivity contribution in [3.8, 4) is 0 Å². The van der Waals surface area contributed by atoms with Gasteiger partial charge in [0.05, 0.1) is 16.3 Å². The highest BCUT2D eigenvalue weighted by atomic mass is 35.5. The summed E-state index contributed by atoms with van der Waals surface area (Å²) in [5.74, 6) is 5.05. The Kier molecular flexibility index (Phi) is 8.83. The third-order valence-corrected chi connectivity index (χ3v) is 5.01. The lowest BCUT2D eigenvalue weighted by Gasteiger charge is -2.29. The Bertz CT molecular complexity index is 644. The number of hydrazine groups is 1. The van der Waals surface area contributed by atoms with Crippen LogP contribution in [0.15, 0.2) is 54.1 Å². The molecule has 1 aromatic rings. The van der Waals surface area contributed by atoms with Crippen LogP contribution in [0.5, 0.6) is 0 Å². The van der Waals surface area contributed by atoms with E-state index in [0.717, 1.165) is 22.4 Å². The Morgan fingerprint density at radius 2 is 2.04 bits per heavy atom. The number of halogens is 1. The summed E-state index contributed by atoms with van der Waals surface area (Å²) >= 11 is 12.1. The maximum absolute atomic E-state index is 9.95. The van der Waals surface area contributed by atoms with E-state index in [2.05, 4.69) is 42.7 Å². The van der Waals surface area contributed by atoms with Gasteiger partial charge in [0.25, 0.3) is 0 Å². The largest absolute Gasteiger partial charge is 0.449 e. The molecule has 0 bridgehead atoms. The average molecular weight is 381 g/mol. The molecular weight excluding hydrogens is 356 g/mol. The molecule has 136 valence electrons. The molecule has 0 saturated carbocycles. The highest BCUT2D eigenvalue weighted by molar-refractivity contribution is 7.81. The molecule has 25 heavy (non-hydrogen) atoms. The quantitative estimate of drug-likeness (QED) is 0.201. The van der Waals surface area contributed by atoms with Gasteiger partial charge in [-0.05, 0) is 30.4 Å². The lowest BCUT2D eigenvalue weighted by Crippen LogP contribution is -2.30. The predicted molar refractivity (Wildman–Crippen MR) is 108 cm³/mol. The van der Waals surface area contributed by atoms with E-state index in [1.807, 2.05) is 30.3 Å². The van der Waals surface area contributed by atoms with Gasteiger partial charge in [-0.25, -0.2) is 10.6 Å². The first-order valence-corrected chi connectivity index (χ1v) is 8.94. The van der Waals surface area contributed by atoms with Gasteiger partial charge in [-0.2, -0.15) is 0 Å². The molecule has 6 heteroatoms. The Morgan fingerprint density at radius 1 is 1.40 bits per heavy atom. The van der Waals surface area contributed by atoms with Gasteiger partial charge in [0.15, 0.2) is 0 Å². The predicted octanol–water partition coefficient (Wildman–Crippen LogP) is 4.53. The standard InChI is InChI=1S/C16H17ClS.C3H8N2O2/c1-12(2)16(17)10-8-14(9-11-16)15(18)13-6-4-3-5-7-13;1-2-7-3(6)5-4/h3-10,12H,11H2,1-2H3;2,4H2,1H3,(H,5,6). The van der Waals surface area contributed by atoms with E-state index in [-0.39, 0.29) is 4.87 Å². The van der Waals surface area contributed by atoms with Crippen molar-refractivity contribution in [1.82, 2.24) is 5.43 Å².